The van der Waals surface area contributed by atoms with Crippen molar-refractivity contribution in [3.63, 3.8) is 0 Å². The zero-order chi connectivity index (χ0) is 12.1. The van der Waals surface area contributed by atoms with Gasteiger partial charge in [-0.25, -0.2) is 4.39 Å². The van der Waals surface area contributed by atoms with E-state index in [4.69, 9.17) is 11.6 Å². The van der Waals surface area contributed by atoms with Crippen LogP contribution in [0.4, 0.5) is 4.39 Å². The fraction of sp³-hybridized carbons (Fsp3) is 0.600. The van der Waals surface area contributed by atoms with E-state index in [0.717, 1.165) is 12.0 Å². The molecule has 0 saturated heterocycles. The van der Waals surface area contributed by atoms with Crippen molar-refractivity contribution in [2.75, 3.05) is 0 Å². The van der Waals surface area contributed by atoms with Crippen molar-refractivity contribution in [2.24, 2.45) is 5.92 Å². The van der Waals surface area contributed by atoms with Gasteiger partial charge < -0.3 is 0 Å². The van der Waals surface area contributed by atoms with Crippen molar-refractivity contribution in [1.82, 2.24) is 0 Å². The standard InChI is InChI=1S/C15H20ClF/c16-15(13-7-3-1-2-4-8-13)11-12-6-5-9-14(17)10-12/h5-6,9-10,13,15H,1-4,7-8,11H2. The van der Waals surface area contributed by atoms with Gasteiger partial charge in [0.1, 0.15) is 5.82 Å². The molecule has 0 aromatic heterocycles. The van der Waals surface area contributed by atoms with E-state index in [-0.39, 0.29) is 11.2 Å². The minimum atomic E-state index is -0.160. The minimum Gasteiger partial charge on any atom is -0.207 e. The number of hydrogen-bond acceptors (Lipinski definition) is 0. The van der Waals surface area contributed by atoms with E-state index in [0.29, 0.717) is 5.92 Å². The van der Waals surface area contributed by atoms with Gasteiger partial charge in [-0.1, -0.05) is 37.8 Å². The summed E-state index contributed by atoms with van der Waals surface area (Å²) in [6, 6.07) is 6.82. The predicted molar refractivity (Wildman–Crippen MR) is 70.9 cm³/mol. The smallest absolute Gasteiger partial charge is 0.123 e. The molecule has 0 bridgehead atoms. The second-order valence-electron chi connectivity index (χ2n) is 5.10. The molecule has 1 aliphatic carbocycles. The third-order valence-electron chi connectivity index (χ3n) is 3.73. The summed E-state index contributed by atoms with van der Waals surface area (Å²) in [6.07, 6.45) is 8.57. The molecule has 1 unspecified atom stereocenters. The molecule has 0 aliphatic heterocycles. The fourth-order valence-electron chi connectivity index (χ4n) is 2.73. The SMILES string of the molecule is Fc1cccc(CC(Cl)C2CCCCCC2)c1. The van der Waals surface area contributed by atoms with Crippen molar-refractivity contribution in [3.8, 4) is 0 Å². The Labute approximate surface area is 108 Å². The summed E-state index contributed by atoms with van der Waals surface area (Å²) in [5, 5.41) is 0.162. The molecule has 1 saturated carbocycles. The fourth-order valence-corrected chi connectivity index (χ4v) is 3.16. The maximum absolute atomic E-state index is 13.1. The molecule has 94 valence electrons. The van der Waals surface area contributed by atoms with Crippen molar-refractivity contribution in [2.45, 2.75) is 50.3 Å². The molecule has 0 N–H and O–H groups in total. The summed E-state index contributed by atoms with van der Waals surface area (Å²) in [6.45, 7) is 0. The number of hydrogen-bond donors (Lipinski definition) is 0. The van der Waals surface area contributed by atoms with Crippen LogP contribution < -0.4 is 0 Å². The average molecular weight is 255 g/mol. The second-order valence-corrected chi connectivity index (χ2v) is 5.66. The van der Waals surface area contributed by atoms with E-state index in [1.807, 2.05) is 6.07 Å². The van der Waals surface area contributed by atoms with Crippen LogP contribution in [0.25, 0.3) is 0 Å². The van der Waals surface area contributed by atoms with Gasteiger partial charge in [-0.15, -0.1) is 11.6 Å². The molecule has 0 amide bonds. The molecule has 1 aromatic carbocycles. The number of alkyl halides is 1. The topological polar surface area (TPSA) is 0 Å². The lowest BCUT2D eigenvalue weighted by molar-refractivity contribution is 0.435. The van der Waals surface area contributed by atoms with Gasteiger partial charge in [0.25, 0.3) is 0 Å². The molecule has 0 nitrogen and oxygen atoms in total. The Bertz CT molecular complexity index is 343. The molecular weight excluding hydrogens is 235 g/mol. The Morgan fingerprint density at radius 2 is 1.88 bits per heavy atom. The van der Waals surface area contributed by atoms with E-state index in [9.17, 15) is 4.39 Å². The Hall–Kier alpha value is -0.560. The number of halogens is 2. The maximum atomic E-state index is 13.1. The van der Waals surface area contributed by atoms with E-state index in [1.54, 1.807) is 12.1 Å². The van der Waals surface area contributed by atoms with Crippen LogP contribution in [-0.4, -0.2) is 5.38 Å². The Balaban J connectivity index is 1.93. The summed E-state index contributed by atoms with van der Waals surface area (Å²) in [7, 11) is 0. The third kappa shape index (κ3) is 3.99. The van der Waals surface area contributed by atoms with Gasteiger partial charge in [0, 0.05) is 5.38 Å². The van der Waals surface area contributed by atoms with Crippen LogP contribution in [-0.2, 0) is 6.42 Å². The number of rotatable bonds is 3. The first-order valence-corrected chi connectivity index (χ1v) is 7.08. The monoisotopic (exact) mass is 254 g/mol. The molecule has 1 aliphatic rings. The molecule has 1 fully saturated rings. The van der Waals surface area contributed by atoms with Gasteiger partial charge in [0.15, 0.2) is 0 Å². The van der Waals surface area contributed by atoms with Crippen molar-refractivity contribution < 1.29 is 4.39 Å². The Morgan fingerprint density at radius 3 is 2.53 bits per heavy atom. The molecule has 17 heavy (non-hydrogen) atoms. The summed E-state index contributed by atoms with van der Waals surface area (Å²) in [5.74, 6) is 0.453. The first kappa shape index (κ1) is 12.9. The van der Waals surface area contributed by atoms with Gasteiger partial charge >= 0.3 is 0 Å². The molecule has 0 spiro atoms. The van der Waals surface area contributed by atoms with Crippen LogP contribution in [0, 0.1) is 11.7 Å². The van der Waals surface area contributed by atoms with Crippen LogP contribution >= 0.6 is 11.6 Å². The number of benzene rings is 1. The lowest BCUT2D eigenvalue weighted by Gasteiger charge is -2.20. The zero-order valence-corrected chi connectivity index (χ0v) is 10.9. The van der Waals surface area contributed by atoms with E-state index >= 15 is 0 Å². The summed E-state index contributed by atoms with van der Waals surface area (Å²) < 4.78 is 13.1. The highest BCUT2D eigenvalue weighted by Crippen LogP contribution is 2.30. The second kappa shape index (κ2) is 6.39. The van der Waals surface area contributed by atoms with Crippen LogP contribution in [0.1, 0.15) is 44.1 Å². The lowest BCUT2D eigenvalue weighted by Crippen LogP contribution is -2.17. The Morgan fingerprint density at radius 1 is 1.18 bits per heavy atom. The van der Waals surface area contributed by atoms with Crippen molar-refractivity contribution >= 4 is 11.6 Å². The van der Waals surface area contributed by atoms with Crippen LogP contribution in [0.15, 0.2) is 24.3 Å². The highest BCUT2D eigenvalue weighted by molar-refractivity contribution is 6.20. The van der Waals surface area contributed by atoms with Gasteiger partial charge in [-0.2, -0.15) is 0 Å². The van der Waals surface area contributed by atoms with Crippen LogP contribution in [0.2, 0.25) is 0 Å². The van der Waals surface area contributed by atoms with Gasteiger partial charge in [-0.05, 0) is 42.9 Å². The molecular formula is C15H20ClF. The first-order valence-electron chi connectivity index (χ1n) is 6.64. The predicted octanol–water partition coefficient (Wildman–Crippen LogP) is 4.95. The first-order chi connectivity index (χ1) is 8.25. The molecule has 1 aromatic rings. The minimum absolute atomic E-state index is 0.160. The van der Waals surface area contributed by atoms with Gasteiger partial charge in [0.05, 0.1) is 0 Å². The molecule has 0 radical (unpaired) electrons. The van der Waals surface area contributed by atoms with Crippen LogP contribution in [0.3, 0.4) is 0 Å². The molecule has 2 rings (SSSR count). The molecule has 0 heterocycles. The summed E-state index contributed by atoms with van der Waals surface area (Å²) in [5.41, 5.74) is 1.02. The van der Waals surface area contributed by atoms with Crippen molar-refractivity contribution in [1.29, 1.82) is 0 Å². The third-order valence-corrected chi connectivity index (χ3v) is 4.24. The zero-order valence-electron chi connectivity index (χ0n) is 10.2. The average Bonchev–Trinajstić information content (AvgIpc) is 2.57. The van der Waals surface area contributed by atoms with E-state index < -0.39 is 0 Å². The normalized spacial score (nSPS) is 19.9. The Kier molecular flexibility index (Phi) is 4.85. The van der Waals surface area contributed by atoms with Gasteiger partial charge in [-0.3, -0.25) is 0 Å². The quantitative estimate of drug-likeness (QED) is 0.529. The summed E-state index contributed by atoms with van der Waals surface area (Å²) >= 11 is 6.50. The van der Waals surface area contributed by atoms with Gasteiger partial charge in [0.2, 0.25) is 0 Å². The largest absolute Gasteiger partial charge is 0.207 e. The highest BCUT2D eigenvalue weighted by Gasteiger charge is 2.21. The van der Waals surface area contributed by atoms with E-state index in [1.165, 1.54) is 44.6 Å². The maximum Gasteiger partial charge on any atom is 0.123 e. The summed E-state index contributed by atoms with van der Waals surface area (Å²) in [4.78, 5) is 0. The van der Waals surface area contributed by atoms with Crippen LogP contribution in [0.5, 0.6) is 0 Å². The molecule has 1 atom stereocenters. The van der Waals surface area contributed by atoms with E-state index in [2.05, 4.69) is 0 Å². The highest BCUT2D eigenvalue weighted by atomic mass is 35.5. The van der Waals surface area contributed by atoms with Crippen molar-refractivity contribution in [3.05, 3.63) is 35.6 Å². The molecule has 2 heteroatoms. The lowest BCUT2D eigenvalue weighted by atomic mass is 9.92.